The zero-order valence-electron chi connectivity index (χ0n) is 11.5. The van der Waals surface area contributed by atoms with Gasteiger partial charge in [-0.1, -0.05) is 12.1 Å². The molecular formula is C15H16N2O3S. The number of nitrogens with zero attached hydrogens (tertiary/aromatic N) is 2. The third kappa shape index (κ3) is 2.90. The smallest absolute Gasteiger partial charge is 0.326 e. The Kier molecular flexibility index (Phi) is 3.88. The Morgan fingerprint density at radius 1 is 1.38 bits per heavy atom. The van der Waals surface area contributed by atoms with E-state index in [0.717, 1.165) is 21.6 Å². The van der Waals surface area contributed by atoms with Gasteiger partial charge in [-0.05, 0) is 25.0 Å². The number of likely N-dealkylation sites (tertiary alicyclic amines) is 1. The van der Waals surface area contributed by atoms with Crippen LogP contribution in [-0.2, 0) is 16.0 Å². The molecule has 110 valence electrons. The second-order valence-electron chi connectivity index (χ2n) is 5.16. The van der Waals surface area contributed by atoms with Crippen molar-refractivity contribution in [1.82, 2.24) is 9.88 Å². The van der Waals surface area contributed by atoms with Gasteiger partial charge < -0.3 is 10.0 Å². The summed E-state index contributed by atoms with van der Waals surface area (Å²) in [5, 5.41) is 10.0. The fraction of sp³-hybridized carbons (Fsp3) is 0.400. The summed E-state index contributed by atoms with van der Waals surface area (Å²) in [4.78, 5) is 29.3. The molecule has 0 bridgehead atoms. The molecule has 1 N–H and O–H groups in total. The zero-order valence-corrected chi connectivity index (χ0v) is 12.3. The third-order valence-corrected chi connectivity index (χ3v) is 4.85. The van der Waals surface area contributed by atoms with Crippen LogP contribution in [0.5, 0.6) is 0 Å². The molecule has 2 heterocycles. The molecule has 1 aliphatic heterocycles. The van der Waals surface area contributed by atoms with E-state index in [1.807, 2.05) is 24.3 Å². The van der Waals surface area contributed by atoms with Crippen molar-refractivity contribution in [2.75, 3.05) is 6.54 Å². The highest BCUT2D eigenvalue weighted by molar-refractivity contribution is 7.18. The molecule has 21 heavy (non-hydrogen) atoms. The van der Waals surface area contributed by atoms with Gasteiger partial charge >= 0.3 is 5.97 Å². The number of carbonyl (C=O) groups is 2. The standard InChI is InChI=1S/C15H16N2O3S/c18-14(17-9-3-5-11(17)15(19)20)8-7-13-16-10-4-1-2-6-12(10)21-13/h1-2,4,6,11H,3,5,7-9H2,(H,19,20). The summed E-state index contributed by atoms with van der Waals surface area (Å²) in [6.45, 7) is 0.551. The van der Waals surface area contributed by atoms with Crippen LogP contribution < -0.4 is 0 Å². The Labute approximate surface area is 126 Å². The largest absolute Gasteiger partial charge is 0.480 e. The molecule has 1 amide bonds. The van der Waals surface area contributed by atoms with E-state index in [1.165, 1.54) is 4.90 Å². The molecular weight excluding hydrogens is 288 g/mol. The molecule has 1 aromatic carbocycles. The number of carbonyl (C=O) groups excluding carboxylic acids is 1. The van der Waals surface area contributed by atoms with Crippen LogP contribution >= 0.6 is 11.3 Å². The number of rotatable bonds is 4. The van der Waals surface area contributed by atoms with Crippen LogP contribution in [0, 0.1) is 0 Å². The van der Waals surface area contributed by atoms with Gasteiger partial charge in [0.05, 0.1) is 15.2 Å². The molecule has 1 atom stereocenters. The maximum Gasteiger partial charge on any atom is 0.326 e. The minimum atomic E-state index is -0.902. The summed E-state index contributed by atoms with van der Waals surface area (Å²) in [7, 11) is 0. The van der Waals surface area contributed by atoms with E-state index in [1.54, 1.807) is 11.3 Å². The Balaban J connectivity index is 1.64. The summed E-state index contributed by atoms with van der Waals surface area (Å²) in [6, 6.07) is 7.24. The van der Waals surface area contributed by atoms with Crippen molar-refractivity contribution >= 4 is 33.4 Å². The number of thiazole rings is 1. The first kappa shape index (κ1) is 14.0. The predicted octanol–water partition coefficient (Wildman–Crippen LogP) is 2.30. The van der Waals surface area contributed by atoms with Crippen molar-refractivity contribution in [1.29, 1.82) is 0 Å². The van der Waals surface area contributed by atoms with Gasteiger partial charge in [0.2, 0.25) is 5.91 Å². The normalized spacial score (nSPS) is 18.3. The van der Waals surface area contributed by atoms with Crippen molar-refractivity contribution in [3.05, 3.63) is 29.3 Å². The van der Waals surface area contributed by atoms with E-state index >= 15 is 0 Å². The van der Waals surface area contributed by atoms with Crippen molar-refractivity contribution in [3.8, 4) is 0 Å². The summed E-state index contributed by atoms with van der Waals surface area (Å²) in [5.74, 6) is -0.986. The predicted molar refractivity (Wildman–Crippen MR) is 80.3 cm³/mol. The summed E-state index contributed by atoms with van der Waals surface area (Å²) in [6.07, 6.45) is 2.22. The highest BCUT2D eigenvalue weighted by Gasteiger charge is 2.33. The molecule has 1 aliphatic rings. The van der Waals surface area contributed by atoms with Gasteiger partial charge in [0, 0.05) is 19.4 Å². The van der Waals surface area contributed by atoms with Crippen molar-refractivity contribution in [2.45, 2.75) is 31.7 Å². The lowest BCUT2D eigenvalue weighted by atomic mass is 10.2. The monoisotopic (exact) mass is 304 g/mol. The van der Waals surface area contributed by atoms with Crippen LogP contribution in [0.3, 0.4) is 0 Å². The number of benzene rings is 1. The number of carboxylic acids is 1. The van der Waals surface area contributed by atoms with Gasteiger partial charge in [0.1, 0.15) is 6.04 Å². The first-order chi connectivity index (χ1) is 10.1. The molecule has 3 rings (SSSR count). The van der Waals surface area contributed by atoms with E-state index in [0.29, 0.717) is 25.8 Å². The highest BCUT2D eigenvalue weighted by Crippen LogP contribution is 2.24. The fourth-order valence-corrected chi connectivity index (χ4v) is 3.67. The number of aromatic nitrogens is 1. The van der Waals surface area contributed by atoms with Gasteiger partial charge in [0.25, 0.3) is 0 Å². The van der Waals surface area contributed by atoms with Crippen LogP contribution in [0.1, 0.15) is 24.3 Å². The van der Waals surface area contributed by atoms with Gasteiger partial charge in [-0.2, -0.15) is 0 Å². The fourth-order valence-electron chi connectivity index (χ4n) is 2.71. The van der Waals surface area contributed by atoms with Crippen molar-refractivity contribution < 1.29 is 14.7 Å². The lowest BCUT2D eigenvalue weighted by Crippen LogP contribution is -2.40. The molecule has 1 fully saturated rings. The Hall–Kier alpha value is -1.95. The first-order valence-corrected chi connectivity index (χ1v) is 7.83. The molecule has 2 aromatic rings. The van der Waals surface area contributed by atoms with Crippen LogP contribution in [0.25, 0.3) is 10.2 Å². The molecule has 1 aromatic heterocycles. The maximum atomic E-state index is 12.2. The number of carboxylic acid groups (broad SMARTS) is 1. The van der Waals surface area contributed by atoms with Crippen LogP contribution in [0.2, 0.25) is 0 Å². The first-order valence-electron chi connectivity index (χ1n) is 7.02. The molecule has 0 radical (unpaired) electrons. The second-order valence-corrected chi connectivity index (χ2v) is 6.27. The van der Waals surface area contributed by atoms with Gasteiger partial charge in [-0.15, -0.1) is 11.3 Å². The SMILES string of the molecule is O=C(O)C1CCCN1C(=O)CCc1nc2ccccc2s1. The molecule has 5 nitrogen and oxygen atoms in total. The average Bonchev–Trinajstić information content (AvgIpc) is 3.10. The van der Waals surface area contributed by atoms with Gasteiger partial charge in [-0.25, -0.2) is 9.78 Å². The van der Waals surface area contributed by atoms with E-state index in [2.05, 4.69) is 4.98 Å². The number of fused-ring (bicyclic) bond motifs is 1. The zero-order chi connectivity index (χ0) is 14.8. The highest BCUT2D eigenvalue weighted by atomic mass is 32.1. The van der Waals surface area contributed by atoms with E-state index in [-0.39, 0.29) is 5.91 Å². The van der Waals surface area contributed by atoms with Crippen LogP contribution in [0.15, 0.2) is 24.3 Å². The number of aliphatic carboxylic acids is 1. The Bertz CT molecular complexity index is 649. The number of hydrogen-bond acceptors (Lipinski definition) is 4. The van der Waals surface area contributed by atoms with Gasteiger partial charge in [0.15, 0.2) is 0 Å². The Morgan fingerprint density at radius 2 is 2.19 bits per heavy atom. The number of para-hydroxylation sites is 1. The summed E-state index contributed by atoms with van der Waals surface area (Å²) in [5.41, 5.74) is 0.953. The Morgan fingerprint density at radius 3 is 2.95 bits per heavy atom. The van der Waals surface area contributed by atoms with E-state index in [9.17, 15) is 9.59 Å². The number of aryl methyl sites for hydroxylation is 1. The average molecular weight is 304 g/mol. The quantitative estimate of drug-likeness (QED) is 0.941. The lowest BCUT2D eigenvalue weighted by Gasteiger charge is -2.21. The van der Waals surface area contributed by atoms with Crippen molar-refractivity contribution in [3.63, 3.8) is 0 Å². The summed E-state index contributed by atoms with van der Waals surface area (Å²) >= 11 is 1.59. The molecule has 0 spiro atoms. The minimum absolute atomic E-state index is 0.0841. The number of hydrogen-bond donors (Lipinski definition) is 1. The topological polar surface area (TPSA) is 70.5 Å². The van der Waals surface area contributed by atoms with E-state index < -0.39 is 12.0 Å². The van der Waals surface area contributed by atoms with Crippen molar-refractivity contribution in [2.24, 2.45) is 0 Å². The molecule has 1 unspecified atom stereocenters. The molecule has 0 aliphatic carbocycles. The molecule has 1 saturated heterocycles. The number of amides is 1. The lowest BCUT2D eigenvalue weighted by molar-refractivity contribution is -0.148. The maximum absolute atomic E-state index is 12.2. The van der Waals surface area contributed by atoms with Crippen LogP contribution in [-0.4, -0.2) is 39.5 Å². The van der Waals surface area contributed by atoms with E-state index in [4.69, 9.17) is 5.11 Å². The van der Waals surface area contributed by atoms with Gasteiger partial charge in [-0.3, -0.25) is 4.79 Å². The van der Waals surface area contributed by atoms with Crippen LogP contribution in [0.4, 0.5) is 0 Å². The molecule has 0 saturated carbocycles. The third-order valence-electron chi connectivity index (χ3n) is 3.75. The summed E-state index contributed by atoms with van der Waals surface area (Å²) < 4.78 is 1.12. The minimum Gasteiger partial charge on any atom is -0.480 e. The second kappa shape index (κ2) is 5.81. The molecule has 6 heteroatoms.